The fourth-order valence-electron chi connectivity index (χ4n) is 2.38. The summed E-state index contributed by atoms with van der Waals surface area (Å²) in [7, 11) is 0. The van der Waals surface area contributed by atoms with Gasteiger partial charge < -0.3 is 9.42 Å². The minimum absolute atomic E-state index is 0.0156. The quantitative estimate of drug-likeness (QED) is 0.787. The van der Waals surface area contributed by atoms with E-state index < -0.39 is 0 Å². The number of rotatable bonds is 3. The number of piperidine rings is 1. The molecule has 0 radical (unpaired) electrons. The molecule has 2 aliphatic rings. The fourth-order valence-corrected chi connectivity index (χ4v) is 2.55. The van der Waals surface area contributed by atoms with Gasteiger partial charge in [0.05, 0.1) is 0 Å². The summed E-state index contributed by atoms with van der Waals surface area (Å²) < 4.78 is 5.27. The summed E-state index contributed by atoms with van der Waals surface area (Å²) in [5.41, 5.74) is 0. The number of aromatic nitrogens is 2. The summed E-state index contributed by atoms with van der Waals surface area (Å²) in [6.45, 7) is 1.48. The number of hydrogen-bond donors (Lipinski definition) is 0. The molecule has 98 valence electrons. The molecule has 0 atom stereocenters. The van der Waals surface area contributed by atoms with E-state index in [1.807, 2.05) is 4.90 Å². The first-order chi connectivity index (χ1) is 8.78. The van der Waals surface area contributed by atoms with Crippen molar-refractivity contribution in [1.29, 1.82) is 0 Å². The summed E-state index contributed by atoms with van der Waals surface area (Å²) >= 11 is 5.55. The van der Waals surface area contributed by atoms with Crippen molar-refractivity contribution in [3.63, 3.8) is 0 Å². The normalized spacial score (nSPS) is 21.3. The highest BCUT2D eigenvalue weighted by Gasteiger charge is 2.32. The van der Waals surface area contributed by atoms with Crippen LogP contribution in [0.4, 0.5) is 0 Å². The maximum absolute atomic E-state index is 11.5. The number of amides is 1. The highest BCUT2D eigenvalue weighted by Crippen LogP contribution is 2.39. The number of halogens is 1. The lowest BCUT2D eigenvalue weighted by Gasteiger charge is -2.30. The van der Waals surface area contributed by atoms with Crippen LogP contribution in [0.3, 0.4) is 0 Å². The van der Waals surface area contributed by atoms with Gasteiger partial charge in [0.1, 0.15) is 5.88 Å². The Morgan fingerprint density at radius 1 is 1.28 bits per heavy atom. The molecule has 3 rings (SSSR count). The smallest absolute Gasteiger partial charge is 0.237 e. The van der Waals surface area contributed by atoms with Crippen LogP contribution in [0.2, 0.25) is 0 Å². The zero-order chi connectivity index (χ0) is 12.5. The summed E-state index contributed by atoms with van der Waals surface area (Å²) in [5.74, 6) is 2.52. The highest BCUT2D eigenvalue weighted by molar-refractivity contribution is 6.27. The van der Waals surface area contributed by atoms with Crippen molar-refractivity contribution >= 4 is 17.5 Å². The molecule has 1 aliphatic heterocycles. The molecule has 0 spiro atoms. The second-order valence-corrected chi connectivity index (χ2v) is 5.32. The number of hydrogen-bond acceptors (Lipinski definition) is 4. The van der Waals surface area contributed by atoms with Crippen LogP contribution in [0.1, 0.15) is 49.2 Å². The number of nitrogens with zero attached hydrogens (tertiary/aromatic N) is 3. The van der Waals surface area contributed by atoms with E-state index >= 15 is 0 Å². The lowest BCUT2D eigenvalue weighted by Crippen LogP contribution is -2.38. The van der Waals surface area contributed by atoms with E-state index in [9.17, 15) is 4.79 Å². The molecule has 0 unspecified atom stereocenters. The van der Waals surface area contributed by atoms with Crippen molar-refractivity contribution in [3.8, 4) is 0 Å². The second-order valence-electron chi connectivity index (χ2n) is 5.05. The molecule has 6 heteroatoms. The summed E-state index contributed by atoms with van der Waals surface area (Å²) in [6.07, 6.45) is 4.13. The number of alkyl halides is 1. The van der Waals surface area contributed by atoms with Crippen LogP contribution >= 0.6 is 11.6 Å². The van der Waals surface area contributed by atoms with Gasteiger partial charge in [-0.15, -0.1) is 11.6 Å². The van der Waals surface area contributed by atoms with E-state index in [1.54, 1.807) is 0 Å². The standard InChI is InChI=1S/C12H16ClN3O2/c13-7-10(17)16-5-3-8(4-6-16)11-14-12(18-15-11)9-1-2-9/h8-9H,1-7H2. The minimum atomic E-state index is 0.0156. The van der Waals surface area contributed by atoms with Gasteiger partial charge in [-0.1, -0.05) is 5.16 Å². The van der Waals surface area contributed by atoms with Crippen LogP contribution in [0, 0.1) is 0 Å². The van der Waals surface area contributed by atoms with Gasteiger partial charge in [-0.2, -0.15) is 4.98 Å². The lowest BCUT2D eigenvalue weighted by molar-refractivity contribution is -0.129. The maximum atomic E-state index is 11.5. The number of carbonyl (C=O) groups excluding carboxylic acids is 1. The molecule has 1 aromatic heterocycles. The first-order valence-electron chi connectivity index (χ1n) is 6.45. The van der Waals surface area contributed by atoms with Crippen LogP contribution in [0.25, 0.3) is 0 Å². The Kier molecular flexibility index (Phi) is 3.24. The van der Waals surface area contributed by atoms with Crippen LogP contribution in [0.5, 0.6) is 0 Å². The Balaban J connectivity index is 1.59. The maximum Gasteiger partial charge on any atom is 0.237 e. The topological polar surface area (TPSA) is 59.2 Å². The monoisotopic (exact) mass is 269 g/mol. The molecular formula is C12H16ClN3O2. The average molecular weight is 270 g/mol. The van der Waals surface area contributed by atoms with Gasteiger partial charge in [-0.3, -0.25) is 4.79 Å². The van der Waals surface area contributed by atoms with Crippen LogP contribution in [-0.4, -0.2) is 39.9 Å². The summed E-state index contributed by atoms with van der Waals surface area (Å²) in [4.78, 5) is 17.7. The van der Waals surface area contributed by atoms with E-state index in [2.05, 4.69) is 10.1 Å². The van der Waals surface area contributed by atoms with E-state index in [4.69, 9.17) is 16.1 Å². The van der Waals surface area contributed by atoms with Crippen molar-refractivity contribution in [2.45, 2.75) is 37.5 Å². The zero-order valence-electron chi connectivity index (χ0n) is 10.1. The highest BCUT2D eigenvalue weighted by atomic mass is 35.5. The molecule has 1 saturated carbocycles. The third-order valence-electron chi connectivity index (χ3n) is 3.71. The Morgan fingerprint density at radius 2 is 2.00 bits per heavy atom. The SMILES string of the molecule is O=C(CCl)N1CCC(c2noc(C3CC3)n2)CC1. The molecule has 1 aromatic rings. The largest absolute Gasteiger partial charge is 0.342 e. The average Bonchev–Trinajstić information content (AvgIpc) is 3.16. The van der Waals surface area contributed by atoms with Crippen molar-refractivity contribution in [2.75, 3.05) is 19.0 Å². The molecule has 1 saturated heterocycles. The van der Waals surface area contributed by atoms with Crippen LogP contribution in [0.15, 0.2) is 4.52 Å². The third-order valence-corrected chi connectivity index (χ3v) is 3.94. The zero-order valence-corrected chi connectivity index (χ0v) is 10.9. The molecule has 1 aliphatic carbocycles. The van der Waals surface area contributed by atoms with Crippen LogP contribution < -0.4 is 0 Å². The van der Waals surface area contributed by atoms with Crippen molar-refractivity contribution in [1.82, 2.24) is 15.0 Å². The Bertz CT molecular complexity index is 436. The molecule has 1 amide bonds. The van der Waals surface area contributed by atoms with Gasteiger partial charge in [0, 0.05) is 24.9 Å². The fraction of sp³-hybridized carbons (Fsp3) is 0.750. The predicted octanol–water partition coefficient (Wildman–Crippen LogP) is 1.89. The summed E-state index contributed by atoms with van der Waals surface area (Å²) in [6, 6.07) is 0. The molecule has 18 heavy (non-hydrogen) atoms. The van der Waals surface area contributed by atoms with Crippen LogP contribution in [-0.2, 0) is 4.79 Å². The Morgan fingerprint density at radius 3 is 2.61 bits per heavy atom. The van der Waals surface area contributed by atoms with Gasteiger partial charge in [-0.05, 0) is 25.7 Å². The second kappa shape index (κ2) is 4.88. The Labute approximate surface area is 110 Å². The van der Waals surface area contributed by atoms with Gasteiger partial charge in [0.2, 0.25) is 11.8 Å². The van der Waals surface area contributed by atoms with Gasteiger partial charge in [0.25, 0.3) is 0 Å². The van der Waals surface area contributed by atoms with Crippen molar-refractivity contribution in [3.05, 3.63) is 11.7 Å². The molecule has 2 fully saturated rings. The van der Waals surface area contributed by atoms with Gasteiger partial charge in [-0.25, -0.2) is 0 Å². The molecule has 0 N–H and O–H groups in total. The van der Waals surface area contributed by atoms with E-state index in [-0.39, 0.29) is 11.8 Å². The minimum Gasteiger partial charge on any atom is -0.342 e. The number of carbonyl (C=O) groups is 1. The molecular weight excluding hydrogens is 254 g/mol. The van der Waals surface area contributed by atoms with Gasteiger partial charge in [0.15, 0.2) is 5.82 Å². The Hall–Kier alpha value is -1.10. The lowest BCUT2D eigenvalue weighted by atomic mass is 9.96. The van der Waals surface area contributed by atoms with E-state index in [1.165, 1.54) is 12.8 Å². The molecule has 5 nitrogen and oxygen atoms in total. The van der Waals surface area contributed by atoms with E-state index in [0.717, 1.165) is 37.6 Å². The van der Waals surface area contributed by atoms with Gasteiger partial charge >= 0.3 is 0 Å². The predicted molar refractivity (Wildman–Crippen MR) is 65.5 cm³/mol. The van der Waals surface area contributed by atoms with Crippen molar-refractivity contribution < 1.29 is 9.32 Å². The summed E-state index contributed by atoms with van der Waals surface area (Å²) in [5, 5.41) is 4.08. The number of likely N-dealkylation sites (tertiary alicyclic amines) is 1. The van der Waals surface area contributed by atoms with E-state index in [0.29, 0.717) is 11.8 Å². The molecule has 0 bridgehead atoms. The van der Waals surface area contributed by atoms with Crippen molar-refractivity contribution in [2.24, 2.45) is 0 Å². The molecule has 0 aromatic carbocycles. The first-order valence-corrected chi connectivity index (χ1v) is 6.98. The first kappa shape index (κ1) is 12.0. The third kappa shape index (κ3) is 2.36. The molecule has 2 heterocycles.